The SMILES string of the molecule is Clc1nc(Cl)nc(-c2cc(-c3ccccc3)c3oc4ccccc4c3c2)n1. The lowest BCUT2D eigenvalue weighted by atomic mass is 9.99. The zero-order chi connectivity index (χ0) is 18.4. The molecule has 5 aromatic rings. The Labute approximate surface area is 164 Å². The fraction of sp³-hybridized carbons (Fsp3) is 0. The Morgan fingerprint density at radius 2 is 1.37 bits per heavy atom. The monoisotopic (exact) mass is 391 g/mol. The third-order valence-corrected chi connectivity index (χ3v) is 4.74. The standard InChI is InChI=1S/C21H11Cl2N3O/c22-20-24-19(25-21(23)26-20)13-10-15(12-6-2-1-3-7-12)18-16(11-13)14-8-4-5-9-17(14)27-18/h1-11H. The maximum Gasteiger partial charge on any atom is 0.227 e. The molecule has 0 aliphatic rings. The highest BCUT2D eigenvalue weighted by atomic mass is 35.5. The molecule has 0 amide bonds. The summed E-state index contributed by atoms with van der Waals surface area (Å²) >= 11 is 12.0. The van der Waals surface area contributed by atoms with Gasteiger partial charge in [0, 0.05) is 21.9 Å². The van der Waals surface area contributed by atoms with E-state index in [1.165, 1.54) is 0 Å². The number of furan rings is 1. The number of fused-ring (bicyclic) bond motifs is 3. The molecule has 0 radical (unpaired) electrons. The first-order valence-corrected chi connectivity index (χ1v) is 9.03. The van der Waals surface area contributed by atoms with Gasteiger partial charge in [-0.15, -0.1) is 0 Å². The van der Waals surface area contributed by atoms with E-state index in [0.717, 1.165) is 38.6 Å². The van der Waals surface area contributed by atoms with E-state index in [1.807, 2.05) is 66.7 Å². The molecule has 0 spiro atoms. The number of benzene rings is 3. The molecule has 27 heavy (non-hydrogen) atoms. The highest BCUT2D eigenvalue weighted by molar-refractivity contribution is 6.31. The molecule has 3 aromatic carbocycles. The number of nitrogens with zero attached hydrogens (tertiary/aromatic N) is 3. The molecule has 4 nitrogen and oxygen atoms in total. The van der Waals surface area contributed by atoms with Gasteiger partial charge in [0.05, 0.1) is 0 Å². The minimum Gasteiger partial charge on any atom is -0.455 e. The van der Waals surface area contributed by atoms with E-state index in [2.05, 4.69) is 15.0 Å². The van der Waals surface area contributed by atoms with E-state index >= 15 is 0 Å². The van der Waals surface area contributed by atoms with Crippen molar-refractivity contribution < 1.29 is 4.42 Å². The van der Waals surface area contributed by atoms with Gasteiger partial charge in [-0.2, -0.15) is 15.0 Å². The fourth-order valence-corrected chi connectivity index (χ4v) is 3.61. The second-order valence-corrected chi connectivity index (χ2v) is 6.74. The molecule has 6 heteroatoms. The van der Waals surface area contributed by atoms with Gasteiger partial charge in [0.2, 0.25) is 10.6 Å². The molecule has 0 aliphatic heterocycles. The molecule has 0 saturated heterocycles. The lowest BCUT2D eigenvalue weighted by Crippen LogP contribution is -1.94. The van der Waals surface area contributed by atoms with E-state index in [4.69, 9.17) is 27.6 Å². The van der Waals surface area contributed by atoms with Gasteiger partial charge in [-0.25, -0.2) is 0 Å². The van der Waals surface area contributed by atoms with E-state index in [9.17, 15) is 0 Å². The second-order valence-electron chi connectivity index (χ2n) is 6.06. The minimum atomic E-state index is 0.0587. The summed E-state index contributed by atoms with van der Waals surface area (Å²) in [5.74, 6) is 0.421. The quantitative estimate of drug-likeness (QED) is 0.348. The molecule has 0 saturated carbocycles. The van der Waals surface area contributed by atoms with Crippen molar-refractivity contribution >= 4 is 45.1 Å². The van der Waals surface area contributed by atoms with E-state index in [0.29, 0.717) is 5.82 Å². The fourth-order valence-electron chi connectivity index (χ4n) is 3.24. The van der Waals surface area contributed by atoms with Gasteiger partial charge in [-0.1, -0.05) is 48.5 Å². The first-order valence-electron chi connectivity index (χ1n) is 8.27. The summed E-state index contributed by atoms with van der Waals surface area (Å²) in [6.45, 7) is 0. The average Bonchev–Trinajstić information content (AvgIpc) is 3.06. The van der Waals surface area contributed by atoms with E-state index in [-0.39, 0.29) is 10.6 Å². The van der Waals surface area contributed by atoms with Gasteiger partial charge in [-0.3, -0.25) is 0 Å². The average molecular weight is 392 g/mol. The van der Waals surface area contributed by atoms with Crippen LogP contribution in [0, 0.1) is 0 Å². The Hall–Kier alpha value is -2.95. The maximum atomic E-state index is 6.17. The van der Waals surface area contributed by atoms with Crippen molar-refractivity contribution in [3.8, 4) is 22.5 Å². The number of hydrogen-bond acceptors (Lipinski definition) is 4. The summed E-state index contributed by atoms with van der Waals surface area (Å²) in [6.07, 6.45) is 0. The molecule has 5 rings (SSSR count). The van der Waals surface area contributed by atoms with E-state index in [1.54, 1.807) is 0 Å². The van der Waals surface area contributed by atoms with Crippen LogP contribution in [0.2, 0.25) is 10.6 Å². The van der Waals surface area contributed by atoms with Crippen LogP contribution in [0.1, 0.15) is 0 Å². The lowest BCUT2D eigenvalue weighted by molar-refractivity contribution is 0.670. The minimum absolute atomic E-state index is 0.0587. The van der Waals surface area contributed by atoms with Gasteiger partial charge >= 0.3 is 0 Å². The summed E-state index contributed by atoms with van der Waals surface area (Å²) in [5, 5.41) is 2.12. The Balaban J connectivity index is 1.88. The summed E-state index contributed by atoms with van der Waals surface area (Å²) in [5.41, 5.74) is 4.42. The van der Waals surface area contributed by atoms with Gasteiger partial charge in [-0.05, 0) is 47.0 Å². The Morgan fingerprint density at radius 3 is 2.15 bits per heavy atom. The van der Waals surface area contributed by atoms with Crippen LogP contribution >= 0.6 is 23.2 Å². The number of aromatic nitrogens is 3. The van der Waals surface area contributed by atoms with Gasteiger partial charge < -0.3 is 4.42 Å². The van der Waals surface area contributed by atoms with Crippen LogP contribution in [0.4, 0.5) is 0 Å². The summed E-state index contributed by atoms with van der Waals surface area (Å²) in [7, 11) is 0. The smallest absolute Gasteiger partial charge is 0.227 e. The zero-order valence-corrected chi connectivity index (χ0v) is 15.4. The van der Waals surface area contributed by atoms with Crippen LogP contribution < -0.4 is 0 Å². The number of halogens is 2. The Morgan fingerprint density at radius 1 is 0.667 bits per heavy atom. The van der Waals surface area contributed by atoms with Gasteiger partial charge in [0.25, 0.3) is 0 Å². The van der Waals surface area contributed by atoms with Crippen molar-refractivity contribution in [1.82, 2.24) is 15.0 Å². The van der Waals surface area contributed by atoms with E-state index < -0.39 is 0 Å². The van der Waals surface area contributed by atoms with Crippen molar-refractivity contribution in [3.05, 3.63) is 77.3 Å². The highest BCUT2D eigenvalue weighted by Crippen LogP contribution is 2.38. The molecule has 0 aliphatic carbocycles. The third kappa shape index (κ3) is 2.83. The van der Waals surface area contributed by atoms with Crippen LogP contribution in [-0.2, 0) is 0 Å². The first-order chi connectivity index (χ1) is 13.2. The molecule has 2 heterocycles. The molecule has 0 bridgehead atoms. The predicted octanol–water partition coefficient (Wildman–Crippen LogP) is 6.41. The largest absolute Gasteiger partial charge is 0.455 e. The Kier molecular flexibility index (Phi) is 3.81. The van der Waals surface area contributed by atoms with Crippen LogP contribution in [0.15, 0.2) is 71.1 Å². The summed E-state index contributed by atoms with van der Waals surface area (Å²) < 4.78 is 6.17. The molecule has 0 fully saturated rings. The number of para-hydroxylation sites is 1. The van der Waals surface area contributed by atoms with Crippen molar-refractivity contribution in [2.24, 2.45) is 0 Å². The molecular formula is C21H11Cl2N3O. The summed E-state index contributed by atoms with van der Waals surface area (Å²) in [4.78, 5) is 12.3. The second kappa shape index (κ2) is 6.34. The van der Waals surface area contributed by atoms with Crippen molar-refractivity contribution in [2.75, 3.05) is 0 Å². The van der Waals surface area contributed by atoms with Crippen LogP contribution in [0.25, 0.3) is 44.5 Å². The van der Waals surface area contributed by atoms with Crippen molar-refractivity contribution in [3.63, 3.8) is 0 Å². The van der Waals surface area contributed by atoms with Crippen LogP contribution in [0.3, 0.4) is 0 Å². The molecule has 0 N–H and O–H groups in total. The molecule has 2 aromatic heterocycles. The predicted molar refractivity (Wildman–Crippen MR) is 108 cm³/mol. The third-order valence-electron chi connectivity index (χ3n) is 4.40. The lowest BCUT2D eigenvalue weighted by Gasteiger charge is -2.07. The molecule has 0 unspecified atom stereocenters. The van der Waals surface area contributed by atoms with Gasteiger partial charge in [0.1, 0.15) is 11.2 Å². The van der Waals surface area contributed by atoms with Gasteiger partial charge in [0.15, 0.2) is 5.82 Å². The summed E-state index contributed by atoms with van der Waals surface area (Å²) in [6, 6.07) is 22.0. The molecule has 0 atom stereocenters. The van der Waals surface area contributed by atoms with Crippen molar-refractivity contribution in [2.45, 2.75) is 0 Å². The van der Waals surface area contributed by atoms with Crippen LogP contribution in [-0.4, -0.2) is 15.0 Å². The molecular weight excluding hydrogens is 381 g/mol. The van der Waals surface area contributed by atoms with Crippen molar-refractivity contribution in [1.29, 1.82) is 0 Å². The number of rotatable bonds is 2. The maximum absolute atomic E-state index is 6.17. The molecule has 130 valence electrons. The zero-order valence-electron chi connectivity index (χ0n) is 13.9. The van der Waals surface area contributed by atoms with Crippen LogP contribution in [0.5, 0.6) is 0 Å². The normalized spacial score (nSPS) is 11.3. The first kappa shape index (κ1) is 16.2. The Bertz CT molecular complexity index is 1280. The highest BCUT2D eigenvalue weighted by Gasteiger charge is 2.16. The number of hydrogen-bond donors (Lipinski definition) is 0. The topological polar surface area (TPSA) is 51.8 Å².